The Morgan fingerprint density at radius 1 is 1.26 bits per heavy atom. The fourth-order valence-electron chi connectivity index (χ4n) is 3.56. The molecule has 2 fully saturated rings. The molecule has 0 atom stereocenters. The van der Waals surface area contributed by atoms with Gasteiger partial charge in [-0.25, -0.2) is 4.98 Å². The maximum Gasteiger partial charge on any atom is 0.193 e. The van der Waals surface area contributed by atoms with Gasteiger partial charge in [0.25, 0.3) is 0 Å². The topological polar surface area (TPSA) is 65.6 Å². The number of carbonyl (C=O) groups excluding carboxylic acids is 1. The summed E-state index contributed by atoms with van der Waals surface area (Å²) in [6.07, 6.45) is 6.63. The number of Topliss-reactive ketones (excluding diaryl/α,β-unsaturated/α-hetero) is 1. The first-order valence-corrected chi connectivity index (χ1v) is 11.2. The summed E-state index contributed by atoms with van der Waals surface area (Å²) >= 11 is 3.10. The number of rotatable bonds is 7. The standard InChI is InChI=1S/C19H21N5OS2/c1-11-9-15(12(2)23(11)18-20-7-8-26-18)16(25)10-27-19-22-21-17(13-3-4-13)24(19)14-5-6-14/h7-9,13-14H,3-6,10H2,1-2H3. The fourth-order valence-corrected chi connectivity index (χ4v) is 5.20. The molecule has 2 aliphatic carbocycles. The van der Waals surface area contributed by atoms with Gasteiger partial charge in [-0.3, -0.25) is 9.36 Å². The number of aryl methyl sites for hydroxylation is 1. The molecule has 0 spiro atoms. The molecule has 0 aromatic carbocycles. The lowest BCUT2D eigenvalue weighted by molar-refractivity contribution is 0.102. The zero-order valence-electron chi connectivity index (χ0n) is 15.4. The third kappa shape index (κ3) is 3.14. The van der Waals surface area contributed by atoms with Gasteiger partial charge in [0.2, 0.25) is 0 Å². The second-order valence-electron chi connectivity index (χ2n) is 7.36. The van der Waals surface area contributed by atoms with Crippen LogP contribution in [0.3, 0.4) is 0 Å². The van der Waals surface area contributed by atoms with Crippen molar-refractivity contribution < 1.29 is 4.79 Å². The summed E-state index contributed by atoms with van der Waals surface area (Å²) < 4.78 is 4.36. The van der Waals surface area contributed by atoms with Crippen molar-refractivity contribution in [2.45, 2.75) is 56.6 Å². The highest BCUT2D eigenvalue weighted by Gasteiger charge is 2.36. The number of thiazole rings is 1. The van der Waals surface area contributed by atoms with Gasteiger partial charge in [-0.05, 0) is 45.6 Å². The summed E-state index contributed by atoms with van der Waals surface area (Å²) in [5, 5.41) is 12.6. The van der Waals surface area contributed by atoms with E-state index in [1.54, 1.807) is 17.5 Å². The highest BCUT2D eigenvalue weighted by molar-refractivity contribution is 7.99. The van der Waals surface area contributed by atoms with Crippen molar-refractivity contribution in [1.29, 1.82) is 0 Å². The van der Waals surface area contributed by atoms with E-state index in [1.807, 2.05) is 25.3 Å². The van der Waals surface area contributed by atoms with E-state index in [2.05, 4.69) is 24.3 Å². The summed E-state index contributed by atoms with van der Waals surface area (Å²) in [5.74, 6) is 2.24. The highest BCUT2D eigenvalue weighted by Crippen LogP contribution is 2.46. The van der Waals surface area contributed by atoms with E-state index in [1.165, 1.54) is 37.4 Å². The molecule has 2 saturated carbocycles. The SMILES string of the molecule is Cc1cc(C(=O)CSc2nnc(C3CC3)n2C2CC2)c(C)n1-c1nccs1. The number of nitrogens with zero attached hydrogens (tertiary/aromatic N) is 5. The zero-order valence-corrected chi connectivity index (χ0v) is 17.0. The lowest BCUT2D eigenvalue weighted by Crippen LogP contribution is -2.07. The molecule has 0 bridgehead atoms. The molecule has 0 unspecified atom stereocenters. The van der Waals surface area contributed by atoms with Crippen LogP contribution in [0.4, 0.5) is 0 Å². The molecule has 0 saturated heterocycles. The van der Waals surface area contributed by atoms with E-state index >= 15 is 0 Å². The molecule has 3 aromatic heterocycles. The van der Waals surface area contributed by atoms with Gasteiger partial charge in [-0.15, -0.1) is 21.5 Å². The molecule has 3 heterocycles. The van der Waals surface area contributed by atoms with Crippen LogP contribution in [0.2, 0.25) is 0 Å². The number of hydrogen-bond acceptors (Lipinski definition) is 6. The van der Waals surface area contributed by atoms with Crippen LogP contribution in [0.5, 0.6) is 0 Å². The van der Waals surface area contributed by atoms with E-state index in [4.69, 9.17) is 0 Å². The van der Waals surface area contributed by atoms with E-state index in [0.29, 0.717) is 17.7 Å². The van der Waals surface area contributed by atoms with Crippen LogP contribution in [0.1, 0.15) is 65.2 Å². The maximum absolute atomic E-state index is 12.9. The Balaban J connectivity index is 1.36. The lowest BCUT2D eigenvalue weighted by Gasteiger charge is -2.08. The van der Waals surface area contributed by atoms with Crippen molar-refractivity contribution in [3.8, 4) is 5.13 Å². The van der Waals surface area contributed by atoms with E-state index in [0.717, 1.165) is 33.1 Å². The molecular weight excluding hydrogens is 378 g/mol. The van der Waals surface area contributed by atoms with Crippen molar-refractivity contribution >= 4 is 28.9 Å². The smallest absolute Gasteiger partial charge is 0.193 e. The molecule has 5 rings (SSSR count). The molecule has 140 valence electrons. The Morgan fingerprint density at radius 2 is 2.07 bits per heavy atom. The molecule has 0 N–H and O–H groups in total. The molecular formula is C19H21N5OS2. The summed E-state index contributed by atoms with van der Waals surface area (Å²) in [4.78, 5) is 17.3. The van der Waals surface area contributed by atoms with Crippen molar-refractivity contribution in [2.24, 2.45) is 0 Å². The van der Waals surface area contributed by atoms with Gasteiger partial charge in [0, 0.05) is 40.5 Å². The first-order valence-electron chi connectivity index (χ1n) is 9.33. The summed E-state index contributed by atoms with van der Waals surface area (Å²) in [6, 6.07) is 2.52. The second-order valence-corrected chi connectivity index (χ2v) is 9.18. The van der Waals surface area contributed by atoms with Crippen molar-refractivity contribution in [3.05, 3.63) is 40.4 Å². The number of carbonyl (C=O) groups is 1. The third-order valence-electron chi connectivity index (χ3n) is 5.22. The molecule has 0 amide bonds. The van der Waals surface area contributed by atoms with Crippen LogP contribution in [-0.2, 0) is 0 Å². The van der Waals surface area contributed by atoms with Gasteiger partial charge in [-0.2, -0.15) is 0 Å². The van der Waals surface area contributed by atoms with E-state index in [9.17, 15) is 4.79 Å². The predicted molar refractivity (Wildman–Crippen MR) is 106 cm³/mol. The minimum atomic E-state index is 0.134. The molecule has 2 aliphatic rings. The maximum atomic E-state index is 12.9. The van der Waals surface area contributed by atoms with Crippen molar-refractivity contribution in [3.63, 3.8) is 0 Å². The van der Waals surface area contributed by atoms with Gasteiger partial charge in [0.15, 0.2) is 16.1 Å². The molecule has 3 aromatic rings. The molecule has 8 heteroatoms. The Bertz CT molecular complexity index is 996. The lowest BCUT2D eigenvalue weighted by atomic mass is 10.2. The molecule has 0 radical (unpaired) electrons. The minimum Gasteiger partial charge on any atom is -0.303 e. The Morgan fingerprint density at radius 3 is 2.74 bits per heavy atom. The van der Waals surface area contributed by atoms with Crippen LogP contribution >= 0.6 is 23.1 Å². The fraction of sp³-hybridized carbons (Fsp3) is 0.474. The monoisotopic (exact) mass is 399 g/mol. The summed E-state index contributed by atoms with van der Waals surface area (Å²) in [5.41, 5.74) is 2.76. The van der Waals surface area contributed by atoms with Crippen LogP contribution in [0.25, 0.3) is 5.13 Å². The van der Waals surface area contributed by atoms with Gasteiger partial charge in [-0.1, -0.05) is 11.8 Å². The Labute approximate surface area is 166 Å². The quantitative estimate of drug-likeness (QED) is 0.437. The van der Waals surface area contributed by atoms with Crippen molar-refractivity contribution in [1.82, 2.24) is 24.3 Å². The van der Waals surface area contributed by atoms with E-state index < -0.39 is 0 Å². The largest absolute Gasteiger partial charge is 0.303 e. The van der Waals surface area contributed by atoms with Crippen molar-refractivity contribution in [2.75, 3.05) is 5.75 Å². The predicted octanol–water partition coefficient (Wildman–Crippen LogP) is 4.33. The Hall–Kier alpha value is -1.93. The summed E-state index contributed by atoms with van der Waals surface area (Å²) in [6.45, 7) is 4.01. The third-order valence-corrected chi connectivity index (χ3v) is 6.92. The van der Waals surface area contributed by atoms with Gasteiger partial charge in [0.05, 0.1) is 5.75 Å². The number of aromatic nitrogens is 5. The average molecular weight is 400 g/mol. The van der Waals surface area contributed by atoms with Crippen LogP contribution in [0.15, 0.2) is 22.8 Å². The van der Waals surface area contributed by atoms with Gasteiger partial charge in [0.1, 0.15) is 5.82 Å². The van der Waals surface area contributed by atoms with Gasteiger partial charge >= 0.3 is 0 Å². The Kier molecular flexibility index (Phi) is 4.20. The number of ketones is 1. The first-order chi connectivity index (χ1) is 13.1. The molecule has 0 aliphatic heterocycles. The minimum absolute atomic E-state index is 0.134. The first kappa shape index (κ1) is 17.2. The van der Waals surface area contributed by atoms with Crippen LogP contribution in [0, 0.1) is 13.8 Å². The molecule has 6 nitrogen and oxygen atoms in total. The number of hydrogen-bond donors (Lipinski definition) is 0. The summed E-state index contributed by atoms with van der Waals surface area (Å²) in [7, 11) is 0. The highest BCUT2D eigenvalue weighted by atomic mass is 32.2. The van der Waals surface area contributed by atoms with Crippen LogP contribution < -0.4 is 0 Å². The van der Waals surface area contributed by atoms with E-state index in [-0.39, 0.29) is 5.78 Å². The average Bonchev–Trinajstić information content (AvgIpc) is 3.56. The molecule has 27 heavy (non-hydrogen) atoms. The van der Waals surface area contributed by atoms with Gasteiger partial charge < -0.3 is 4.57 Å². The second kappa shape index (κ2) is 6.60. The normalized spacial score (nSPS) is 16.8. The zero-order chi connectivity index (χ0) is 18.5. The van der Waals surface area contributed by atoms with Crippen LogP contribution in [-0.4, -0.2) is 35.9 Å². The number of thioether (sulfide) groups is 1.